The number of aromatic nitrogens is 1. The lowest BCUT2D eigenvalue weighted by Gasteiger charge is -2.15. The van der Waals surface area contributed by atoms with E-state index in [0.717, 1.165) is 34.5 Å². The summed E-state index contributed by atoms with van der Waals surface area (Å²) in [6.45, 7) is 0.0586. The van der Waals surface area contributed by atoms with Crippen LogP contribution >= 0.6 is 11.6 Å². The molecule has 0 saturated carbocycles. The van der Waals surface area contributed by atoms with Gasteiger partial charge in [-0.3, -0.25) is 4.79 Å². The second kappa shape index (κ2) is 10.5. The fourth-order valence-corrected chi connectivity index (χ4v) is 3.93. The molecule has 0 unspecified atom stereocenters. The molecule has 1 amide bonds. The fourth-order valence-electron chi connectivity index (χ4n) is 3.80. The maximum absolute atomic E-state index is 13.4. The number of methoxy groups -OCH3 is 1. The zero-order valence-corrected chi connectivity index (χ0v) is 19.3. The monoisotopic (exact) mass is 480 g/mol. The van der Waals surface area contributed by atoms with Crippen LogP contribution in [0.2, 0.25) is 5.02 Å². The Hall–Kier alpha value is -3.64. The van der Waals surface area contributed by atoms with Gasteiger partial charge >= 0.3 is 0 Å². The summed E-state index contributed by atoms with van der Waals surface area (Å²) in [5, 5.41) is 3.38. The van der Waals surface area contributed by atoms with Gasteiger partial charge in [0.15, 0.2) is 0 Å². The number of carbonyl (C=O) groups excluding carboxylic acids is 1. The van der Waals surface area contributed by atoms with Crippen molar-refractivity contribution in [2.75, 3.05) is 7.11 Å². The Morgan fingerprint density at radius 2 is 1.62 bits per heavy atom. The van der Waals surface area contributed by atoms with E-state index in [0.29, 0.717) is 17.0 Å². The number of rotatable bonds is 8. The Bertz CT molecular complexity index is 1260. The van der Waals surface area contributed by atoms with Crippen LogP contribution in [0, 0.1) is 11.6 Å². The van der Waals surface area contributed by atoms with Crippen LogP contribution in [0.25, 0.3) is 16.9 Å². The van der Waals surface area contributed by atoms with Gasteiger partial charge in [-0.1, -0.05) is 23.7 Å². The molecule has 0 saturated heterocycles. The number of hydrogen-bond donors (Lipinski definition) is 1. The highest BCUT2D eigenvalue weighted by atomic mass is 35.5. The van der Waals surface area contributed by atoms with E-state index in [9.17, 15) is 13.6 Å². The van der Waals surface area contributed by atoms with Crippen molar-refractivity contribution in [1.82, 2.24) is 9.88 Å². The van der Waals surface area contributed by atoms with Crippen LogP contribution in [-0.4, -0.2) is 17.6 Å². The third-order valence-electron chi connectivity index (χ3n) is 5.45. The van der Waals surface area contributed by atoms with Crippen molar-refractivity contribution in [2.24, 2.45) is 0 Å². The predicted molar refractivity (Wildman–Crippen MR) is 129 cm³/mol. The topological polar surface area (TPSA) is 43.3 Å². The van der Waals surface area contributed by atoms with E-state index in [1.165, 1.54) is 12.1 Å². The van der Waals surface area contributed by atoms with E-state index in [-0.39, 0.29) is 18.9 Å². The third kappa shape index (κ3) is 5.64. The Morgan fingerprint density at radius 3 is 2.26 bits per heavy atom. The highest BCUT2D eigenvalue weighted by molar-refractivity contribution is 6.30. The van der Waals surface area contributed by atoms with Crippen molar-refractivity contribution in [3.63, 3.8) is 0 Å². The molecule has 0 bridgehead atoms. The SMILES string of the molecule is COc1ccc(-n2c(CCC(=O)NCc3cc(F)cc(F)c3)ccc2-c2ccc(Cl)cc2)cc1. The van der Waals surface area contributed by atoms with E-state index in [1.54, 1.807) is 7.11 Å². The Balaban J connectivity index is 1.53. The third-order valence-corrected chi connectivity index (χ3v) is 5.70. The van der Waals surface area contributed by atoms with Gasteiger partial charge in [0, 0.05) is 35.4 Å². The van der Waals surface area contributed by atoms with E-state index in [4.69, 9.17) is 16.3 Å². The summed E-state index contributed by atoms with van der Waals surface area (Å²) >= 11 is 6.06. The van der Waals surface area contributed by atoms with Crippen molar-refractivity contribution in [1.29, 1.82) is 0 Å². The molecule has 34 heavy (non-hydrogen) atoms. The van der Waals surface area contributed by atoms with Gasteiger partial charge in [-0.25, -0.2) is 8.78 Å². The lowest BCUT2D eigenvalue weighted by atomic mass is 10.1. The standard InChI is InChI=1S/C27H23ClF2N2O2/c1-34-25-10-6-23(7-11-25)32-24(8-12-26(32)19-2-4-20(28)5-3-19)9-13-27(33)31-17-18-14-21(29)16-22(30)15-18/h2-8,10-12,14-16H,9,13,17H2,1H3,(H,31,33). The molecule has 0 aliphatic rings. The number of ether oxygens (including phenoxy) is 1. The maximum atomic E-state index is 13.4. The first-order chi connectivity index (χ1) is 16.4. The molecule has 0 aliphatic heterocycles. The van der Waals surface area contributed by atoms with Gasteiger partial charge in [-0.2, -0.15) is 0 Å². The Morgan fingerprint density at radius 1 is 0.941 bits per heavy atom. The van der Waals surface area contributed by atoms with E-state index < -0.39 is 11.6 Å². The zero-order chi connectivity index (χ0) is 24.1. The van der Waals surface area contributed by atoms with Crippen LogP contribution in [0.5, 0.6) is 5.75 Å². The van der Waals surface area contributed by atoms with E-state index >= 15 is 0 Å². The molecule has 3 aromatic carbocycles. The summed E-state index contributed by atoms with van der Waals surface area (Å²) < 4.78 is 34.1. The summed E-state index contributed by atoms with van der Waals surface area (Å²) in [4.78, 5) is 12.5. The Labute approximate surface area is 201 Å². The van der Waals surface area contributed by atoms with Gasteiger partial charge in [0.1, 0.15) is 17.4 Å². The van der Waals surface area contributed by atoms with Gasteiger partial charge in [0.2, 0.25) is 5.91 Å². The fraction of sp³-hybridized carbons (Fsp3) is 0.148. The molecule has 0 fully saturated rings. The number of carbonyl (C=O) groups is 1. The van der Waals surface area contributed by atoms with E-state index in [1.807, 2.05) is 60.7 Å². The van der Waals surface area contributed by atoms with Gasteiger partial charge in [0.25, 0.3) is 0 Å². The molecule has 1 heterocycles. The molecule has 1 aromatic heterocycles. The first-order valence-corrected chi connectivity index (χ1v) is 11.1. The van der Waals surface area contributed by atoms with Crippen LogP contribution in [0.4, 0.5) is 8.78 Å². The second-order valence-corrected chi connectivity index (χ2v) is 8.24. The highest BCUT2D eigenvalue weighted by Gasteiger charge is 2.14. The van der Waals surface area contributed by atoms with Crippen LogP contribution < -0.4 is 10.1 Å². The highest BCUT2D eigenvalue weighted by Crippen LogP contribution is 2.29. The molecule has 7 heteroatoms. The van der Waals surface area contributed by atoms with Crippen LogP contribution in [-0.2, 0) is 17.8 Å². The molecule has 174 valence electrons. The minimum atomic E-state index is -0.670. The average molecular weight is 481 g/mol. The predicted octanol–water partition coefficient (Wildman–Crippen LogP) is 6.33. The summed E-state index contributed by atoms with van der Waals surface area (Å²) in [5.74, 6) is -0.800. The van der Waals surface area contributed by atoms with Crippen molar-refractivity contribution < 1.29 is 18.3 Å². The van der Waals surface area contributed by atoms with Crippen molar-refractivity contribution in [2.45, 2.75) is 19.4 Å². The minimum Gasteiger partial charge on any atom is -0.497 e. The number of benzene rings is 3. The first-order valence-electron chi connectivity index (χ1n) is 10.8. The number of aryl methyl sites for hydroxylation is 1. The summed E-state index contributed by atoms with van der Waals surface area (Å²) in [6.07, 6.45) is 0.695. The van der Waals surface area contributed by atoms with Gasteiger partial charge in [0.05, 0.1) is 12.8 Å². The number of hydrogen-bond acceptors (Lipinski definition) is 2. The number of halogens is 3. The second-order valence-electron chi connectivity index (χ2n) is 7.80. The summed E-state index contributed by atoms with van der Waals surface area (Å²) in [6, 6.07) is 22.5. The van der Waals surface area contributed by atoms with Gasteiger partial charge < -0.3 is 14.6 Å². The molecule has 4 nitrogen and oxygen atoms in total. The summed E-state index contributed by atoms with van der Waals surface area (Å²) in [5.41, 5.74) is 4.21. The normalized spacial score (nSPS) is 10.8. The number of nitrogens with zero attached hydrogens (tertiary/aromatic N) is 1. The first kappa shape index (κ1) is 23.5. The average Bonchev–Trinajstić information content (AvgIpc) is 3.25. The van der Waals surface area contributed by atoms with Crippen molar-refractivity contribution >= 4 is 17.5 Å². The lowest BCUT2D eigenvalue weighted by Crippen LogP contribution is -2.23. The molecular formula is C27H23ClF2N2O2. The number of nitrogens with one attached hydrogen (secondary N) is 1. The van der Waals surface area contributed by atoms with Crippen molar-refractivity contribution in [3.8, 4) is 22.7 Å². The Kier molecular flexibility index (Phi) is 7.28. The van der Waals surface area contributed by atoms with Gasteiger partial charge in [-0.05, 0) is 78.2 Å². The molecule has 1 N–H and O–H groups in total. The number of amides is 1. The maximum Gasteiger partial charge on any atom is 0.220 e. The van der Waals surface area contributed by atoms with Crippen molar-refractivity contribution in [3.05, 3.63) is 107 Å². The molecule has 0 spiro atoms. The largest absolute Gasteiger partial charge is 0.497 e. The van der Waals surface area contributed by atoms with Gasteiger partial charge in [-0.15, -0.1) is 0 Å². The van der Waals surface area contributed by atoms with Crippen LogP contribution in [0.3, 0.4) is 0 Å². The molecule has 4 aromatic rings. The molecular weight excluding hydrogens is 458 g/mol. The smallest absolute Gasteiger partial charge is 0.220 e. The molecule has 0 atom stereocenters. The quantitative estimate of drug-likeness (QED) is 0.320. The molecule has 4 rings (SSSR count). The van der Waals surface area contributed by atoms with E-state index in [2.05, 4.69) is 9.88 Å². The molecule has 0 aliphatic carbocycles. The zero-order valence-electron chi connectivity index (χ0n) is 18.5. The summed E-state index contributed by atoms with van der Waals surface area (Å²) in [7, 11) is 1.62. The van der Waals surface area contributed by atoms with Crippen LogP contribution in [0.1, 0.15) is 17.7 Å². The minimum absolute atomic E-state index is 0.0586. The molecule has 0 radical (unpaired) electrons. The lowest BCUT2D eigenvalue weighted by molar-refractivity contribution is -0.121. The van der Waals surface area contributed by atoms with Crippen LogP contribution in [0.15, 0.2) is 78.9 Å².